The molecule has 0 unspecified atom stereocenters. The molecule has 1 aromatic carbocycles. The number of thiophene rings is 1. The maximum Gasteiger partial charge on any atom is 0.277 e. The predicted molar refractivity (Wildman–Crippen MR) is 86.0 cm³/mol. The summed E-state index contributed by atoms with van der Waals surface area (Å²) in [6.45, 7) is 1.87. The lowest BCUT2D eigenvalue weighted by Crippen LogP contribution is -2.41. The molecule has 8 heteroatoms. The van der Waals surface area contributed by atoms with Gasteiger partial charge in [-0.3, -0.25) is 10.2 Å². The van der Waals surface area contributed by atoms with E-state index >= 15 is 0 Å². The van der Waals surface area contributed by atoms with Gasteiger partial charge in [-0.1, -0.05) is 17.7 Å². The molecule has 1 heterocycles. The molecule has 0 atom stereocenters. The normalized spacial score (nSPS) is 11.3. The number of halogens is 1. The topological polar surface area (TPSA) is 75.3 Å². The lowest BCUT2D eigenvalue weighted by atomic mass is 10.2. The highest BCUT2D eigenvalue weighted by atomic mass is 127. The molecule has 1 amide bonds. The van der Waals surface area contributed by atoms with Crippen LogP contribution < -0.4 is 10.3 Å². The van der Waals surface area contributed by atoms with Gasteiger partial charge in [-0.15, -0.1) is 16.2 Å². The van der Waals surface area contributed by atoms with Crippen molar-refractivity contribution in [3.63, 3.8) is 0 Å². The molecule has 0 bridgehead atoms. The molecule has 0 spiro atoms. The summed E-state index contributed by atoms with van der Waals surface area (Å²) in [5.74, 6) is -0.472. The van der Waals surface area contributed by atoms with Gasteiger partial charge in [0.2, 0.25) is 0 Å². The number of nitrogens with one attached hydrogen (secondary N) is 2. The standard InChI is InChI=1S/C12H11IN2O3S2/c1-8-2-4-9(5-3-8)20(17,18)15-14-12(16)11-10(13)6-7-19-11/h2-7,15H,1H3,(H,14,16). The Bertz CT molecular complexity index is 723. The molecule has 0 saturated carbocycles. The first-order valence-corrected chi connectivity index (χ1v) is 8.96. The number of hydrazine groups is 1. The predicted octanol–water partition coefficient (Wildman–Crippen LogP) is 2.28. The van der Waals surface area contributed by atoms with Crippen LogP contribution in [-0.4, -0.2) is 14.3 Å². The van der Waals surface area contributed by atoms with Crippen molar-refractivity contribution in [3.05, 3.63) is 49.7 Å². The van der Waals surface area contributed by atoms with Gasteiger partial charge in [0.15, 0.2) is 0 Å². The fourth-order valence-electron chi connectivity index (χ4n) is 1.40. The van der Waals surface area contributed by atoms with E-state index in [1.807, 2.05) is 29.5 Å². The molecule has 20 heavy (non-hydrogen) atoms. The minimum Gasteiger partial charge on any atom is -0.273 e. The van der Waals surface area contributed by atoms with Crippen molar-refractivity contribution in [1.82, 2.24) is 10.3 Å². The number of hydrogen-bond donors (Lipinski definition) is 2. The average Bonchev–Trinajstić information content (AvgIpc) is 2.83. The van der Waals surface area contributed by atoms with Crippen LogP contribution in [0.4, 0.5) is 0 Å². The van der Waals surface area contributed by atoms with Crippen LogP contribution in [0.1, 0.15) is 15.2 Å². The lowest BCUT2D eigenvalue weighted by molar-refractivity contribution is 0.0948. The van der Waals surface area contributed by atoms with Gasteiger partial charge in [0.25, 0.3) is 15.9 Å². The number of benzene rings is 1. The summed E-state index contributed by atoms with van der Waals surface area (Å²) in [5, 5.41) is 1.77. The molecule has 0 radical (unpaired) electrons. The minimum absolute atomic E-state index is 0.101. The summed E-state index contributed by atoms with van der Waals surface area (Å²) in [6.07, 6.45) is 0. The van der Waals surface area contributed by atoms with Crippen molar-refractivity contribution in [2.24, 2.45) is 0 Å². The van der Waals surface area contributed by atoms with Crippen LogP contribution in [-0.2, 0) is 10.0 Å². The molecule has 0 aliphatic heterocycles. The Labute approximate surface area is 134 Å². The Kier molecular flexibility index (Phi) is 4.78. The number of carbonyl (C=O) groups is 1. The van der Waals surface area contributed by atoms with Crippen LogP contribution in [0.2, 0.25) is 0 Å². The molecule has 2 aromatic rings. The van der Waals surface area contributed by atoms with Crippen LogP contribution in [0.5, 0.6) is 0 Å². The summed E-state index contributed by atoms with van der Waals surface area (Å²) >= 11 is 3.27. The molecule has 0 aliphatic rings. The zero-order valence-electron chi connectivity index (χ0n) is 10.4. The quantitative estimate of drug-likeness (QED) is 0.587. The Morgan fingerprint density at radius 3 is 2.40 bits per heavy atom. The molecule has 2 rings (SSSR count). The second-order valence-corrected chi connectivity index (χ2v) is 7.73. The van der Waals surface area contributed by atoms with Gasteiger partial charge in [-0.2, -0.15) is 0 Å². The molecule has 2 N–H and O–H groups in total. The number of amides is 1. The maximum atomic E-state index is 12.0. The molecule has 0 fully saturated rings. The summed E-state index contributed by atoms with van der Waals surface area (Å²) in [6, 6.07) is 8.14. The first-order valence-electron chi connectivity index (χ1n) is 5.52. The lowest BCUT2D eigenvalue weighted by Gasteiger charge is -2.08. The smallest absolute Gasteiger partial charge is 0.273 e. The second kappa shape index (κ2) is 6.20. The van der Waals surface area contributed by atoms with Crippen LogP contribution in [0, 0.1) is 10.5 Å². The minimum atomic E-state index is -3.76. The second-order valence-electron chi connectivity index (χ2n) is 3.97. The van der Waals surface area contributed by atoms with Gasteiger partial charge in [-0.25, -0.2) is 8.42 Å². The van der Waals surface area contributed by atoms with Crippen LogP contribution in [0.25, 0.3) is 0 Å². The highest BCUT2D eigenvalue weighted by molar-refractivity contribution is 14.1. The van der Waals surface area contributed by atoms with E-state index in [0.29, 0.717) is 4.88 Å². The van der Waals surface area contributed by atoms with Gasteiger partial charge in [0, 0.05) is 3.57 Å². The van der Waals surface area contributed by atoms with Crippen molar-refractivity contribution in [1.29, 1.82) is 0 Å². The third kappa shape index (κ3) is 3.57. The molecule has 106 valence electrons. The molecule has 0 saturated heterocycles. The van der Waals surface area contributed by atoms with E-state index in [9.17, 15) is 13.2 Å². The monoisotopic (exact) mass is 422 g/mol. The van der Waals surface area contributed by atoms with Gasteiger partial charge < -0.3 is 0 Å². The van der Waals surface area contributed by atoms with Crippen LogP contribution in [0.15, 0.2) is 40.6 Å². The zero-order chi connectivity index (χ0) is 14.8. The van der Waals surface area contributed by atoms with E-state index in [1.165, 1.54) is 23.5 Å². The largest absolute Gasteiger partial charge is 0.277 e. The molecule has 5 nitrogen and oxygen atoms in total. The van der Waals surface area contributed by atoms with E-state index in [1.54, 1.807) is 23.6 Å². The first kappa shape index (κ1) is 15.4. The third-order valence-corrected chi connectivity index (χ3v) is 5.90. The number of rotatable bonds is 4. The Morgan fingerprint density at radius 1 is 1.20 bits per heavy atom. The Hall–Kier alpha value is -0.970. The maximum absolute atomic E-state index is 12.0. The summed E-state index contributed by atoms with van der Waals surface area (Å²) in [7, 11) is -3.76. The fraction of sp³-hybridized carbons (Fsp3) is 0.0833. The molecular formula is C12H11IN2O3S2. The van der Waals surface area contributed by atoms with Gasteiger partial charge in [0.1, 0.15) is 4.88 Å². The molecular weight excluding hydrogens is 411 g/mol. The van der Waals surface area contributed by atoms with E-state index < -0.39 is 15.9 Å². The summed E-state index contributed by atoms with van der Waals surface area (Å²) in [5.41, 5.74) is 3.17. The summed E-state index contributed by atoms with van der Waals surface area (Å²) < 4.78 is 24.7. The fourth-order valence-corrected chi connectivity index (χ4v) is 3.97. The van der Waals surface area contributed by atoms with Gasteiger partial charge in [-0.05, 0) is 53.1 Å². The number of sulfonamides is 1. The Morgan fingerprint density at radius 2 is 1.85 bits per heavy atom. The first-order chi connectivity index (χ1) is 9.40. The molecule has 0 aliphatic carbocycles. The highest BCUT2D eigenvalue weighted by Crippen LogP contribution is 2.18. The van der Waals surface area contributed by atoms with E-state index in [4.69, 9.17) is 0 Å². The van der Waals surface area contributed by atoms with Crippen molar-refractivity contribution in [2.45, 2.75) is 11.8 Å². The summed E-state index contributed by atoms with van der Waals surface area (Å²) in [4.78, 5) is 14.5. The average molecular weight is 422 g/mol. The number of aryl methyl sites for hydroxylation is 1. The zero-order valence-corrected chi connectivity index (χ0v) is 14.2. The van der Waals surface area contributed by atoms with Gasteiger partial charge in [0.05, 0.1) is 4.90 Å². The van der Waals surface area contributed by atoms with E-state index in [-0.39, 0.29) is 4.90 Å². The van der Waals surface area contributed by atoms with Crippen molar-refractivity contribution in [2.75, 3.05) is 0 Å². The third-order valence-electron chi connectivity index (χ3n) is 2.45. The van der Waals surface area contributed by atoms with Crippen molar-refractivity contribution in [3.8, 4) is 0 Å². The SMILES string of the molecule is Cc1ccc(S(=O)(=O)NNC(=O)c2sccc2I)cc1. The van der Waals surface area contributed by atoms with Gasteiger partial charge >= 0.3 is 0 Å². The Balaban J connectivity index is 2.08. The van der Waals surface area contributed by atoms with E-state index in [0.717, 1.165) is 9.13 Å². The van der Waals surface area contributed by atoms with E-state index in [2.05, 4.69) is 10.3 Å². The number of hydrogen-bond acceptors (Lipinski definition) is 4. The van der Waals surface area contributed by atoms with Crippen LogP contribution in [0.3, 0.4) is 0 Å². The van der Waals surface area contributed by atoms with Crippen molar-refractivity contribution < 1.29 is 13.2 Å². The van der Waals surface area contributed by atoms with Crippen LogP contribution >= 0.6 is 33.9 Å². The number of carbonyl (C=O) groups excluding carboxylic acids is 1. The highest BCUT2D eigenvalue weighted by Gasteiger charge is 2.17. The molecule has 1 aromatic heterocycles. The van der Waals surface area contributed by atoms with Crippen molar-refractivity contribution >= 4 is 49.9 Å².